The fourth-order valence-electron chi connectivity index (χ4n) is 2.67. The summed E-state index contributed by atoms with van der Waals surface area (Å²) in [6.45, 7) is 1.97. The number of hydrazone groups is 1. The molecular formula is C21H17IN2O3. The van der Waals surface area contributed by atoms with Crippen molar-refractivity contribution in [2.75, 3.05) is 18.7 Å². The van der Waals surface area contributed by atoms with Gasteiger partial charge in [0.25, 0.3) is 5.91 Å². The second kappa shape index (κ2) is 8.27. The maximum Gasteiger partial charge on any atom is 0.280 e. The van der Waals surface area contributed by atoms with Crippen LogP contribution in [0.25, 0.3) is 6.08 Å². The standard InChI is InChI=1S/C21H17IN2O3/c1-4-10-27-20-18(22)12-15(13-19(20)26-3)11-17-14(2)23-24(21(17)25)16-8-6-5-7-9-16/h1,5-9,11-13H,10H2,2-3H3/b17-11+. The zero-order valence-corrected chi connectivity index (χ0v) is 17.1. The molecule has 1 heterocycles. The normalized spacial score (nSPS) is 14.9. The molecule has 6 heteroatoms. The molecule has 1 aliphatic heterocycles. The maximum atomic E-state index is 12.8. The Labute approximate surface area is 171 Å². The SMILES string of the molecule is C#CCOc1c(I)cc(/C=C2/C(=O)N(c3ccccc3)N=C2C)cc1OC. The van der Waals surface area contributed by atoms with Crippen molar-refractivity contribution in [3.05, 3.63) is 57.2 Å². The lowest BCUT2D eigenvalue weighted by molar-refractivity contribution is -0.114. The van der Waals surface area contributed by atoms with Crippen LogP contribution in [0.3, 0.4) is 0 Å². The first-order valence-electron chi connectivity index (χ1n) is 8.15. The van der Waals surface area contributed by atoms with E-state index in [0.29, 0.717) is 22.8 Å². The highest BCUT2D eigenvalue weighted by Crippen LogP contribution is 2.35. The number of ether oxygens (including phenoxy) is 2. The van der Waals surface area contributed by atoms with E-state index in [1.807, 2.05) is 49.4 Å². The number of amides is 1. The minimum Gasteiger partial charge on any atom is -0.493 e. The van der Waals surface area contributed by atoms with Crippen molar-refractivity contribution in [2.24, 2.45) is 5.10 Å². The van der Waals surface area contributed by atoms with Crippen LogP contribution in [0, 0.1) is 15.9 Å². The van der Waals surface area contributed by atoms with Crippen LogP contribution in [0.5, 0.6) is 11.5 Å². The monoisotopic (exact) mass is 472 g/mol. The number of anilines is 1. The lowest BCUT2D eigenvalue weighted by Gasteiger charge is -2.13. The maximum absolute atomic E-state index is 12.8. The molecule has 0 spiro atoms. The van der Waals surface area contributed by atoms with Crippen molar-refractivity contribution in [2.45, 2.75) is 6.92 Å². The number of para-hydroxylation sites is 1. The van der Waals surface area contributed by atoms with Gasteiger partial charge in [0.15, 0.2) is 11.5 Å². The minimum absolute atomic E-state index is 0.156. The highest BCUT2D eigenvalue weighted by Gasteiger charge is 2.28. The molecule has 1 aliphatic rings. The third-order valence-electron chi connectivity index (χ3n) is 3.93. The first-order valence-corrected chi connectivity index (χ1v) is 9.23. The van der Waals surface area contributed by atoms with Gasteiger partial charge in [0.05, 0.1) is 27.7 Å². The number of carbonyl (C=O) groups is 1. The van der Waals surface area contributed by atoms with E-state index in [9.17, 15) is 4.79 Å². The van der Waals surface area contributed by atoms with Gasteiger partial charge in [-0.05, 0) is 65.4 Å². The highest BCUT2D eigenvalue weighted by atomic mass is 127. The Morgan fingerprint density at radius 1 is 1.30 bits per heavy atom. The molecule has 0 radical (unpaired) electrons. The summed E-state index contributed by atoms with van der Waals surface area (Å²) in [6.07, 6.45) is 7.07. The van der Waals surface area contributed by atoms with Crippen LogP contribution in [0.2, 0.25) is 0 Å². The van der Waals surface area contributed by atoms with E-state index in [1.54, 1.807) is 13.2 Å². The number of terminal acetylenes is 1. The molecule has 136 valence electrons. The first kappa shape index (κ1) is 19.0. The number of halogens is 1. The number of rotatable bonds is 5. The molecule has 0 aliphatic carbocycles. The van der Waals surface area contributed by atoms with Crippen LogP contribution in [0.1, 0.15) is 12.5 Å². The molecule has 0 N–H and O–H groups in total. The first-order chi connectivity index (χ1) is 13.0. The number of benzene rings is 2. The molecule has 27 heavy (non-hydrogen) atoms. The fourth-order valence-corrected chi connectivity index (χ4v) is 3.45. The molecule has 0 fully saturated rings. The van der Waals surface area contributed by atoms with Gasteiger partial charge in [0.1, 0.15) is 6.61 Å². The van der Waals surface area contributed by atoms with E-state index in [2.05, 4.69) is 33.6 Å². The largest absolute Gasteiger partial charge is 0.493 e. The number of hydrogen-bond acceptors (Lipinski definition) is 4. The van der Waals surface area contributed by atoms with Gasteiger partial charge in [0, 0.05) is 0 Å². The Morgan fingerprint density at radius 2 is 2.04 bits per heavy atom. The van der Waals surface area contributed by atoms with Gasteiger partial charge in [-0.15, -0.1) is 6.42 Å². The smallest absolute Gasteiger partial charge is 0.280 e. The molecule has 0 aromatic heterocycles. The zero-order valence-electron chi connectivity index (χ0n) is 14.9. The van der Waals surface area contributed by atoms with E-state index in [1.165, 1.54) is 5.01 Å². The van der Waals surface area contributed by atoms with Crippen molar-refractivity contribution >= 4 is 46.0 Å². The summed E-state index contributed by atoms with van der Waals surface area (Å²) in [7, 11) is 1.57. The van der Waals surface area contributed by atoms with E-state index < -0.39 is 0 Å². The second-order valence-corrected chi connectivity index (χ2v) is 6.89. The van der Waals surface area contributed by atoms with E-state index >= 15 is 0 Å². The van der Waals surface area contributed by atoms with Crippen molar-refractivity contribution in [1.82, 2.24) is 0 Å². The van der Waals surface area contributed by atoms with Gasteiger partial charge in [-0.25, -0.2) is 0 Å². The van der Waals surface area contributed by atoms with Gasteiger partial charge in [-0.2, -0.15) is 10.1 Å². The summed E-state index contributed by atoms with van der Waals surface area (Å²) in [5, 5.41) is 5.80. The van der Waals surface area contributed by atoms with Crippen molar-refractivity contribution in [1.29, 1.82) is 0 Å². The minimum atomic E-state index is -0.166. The summed E-state index contributed by atoms with van der Waals surface area (Å²) >= 11 is 2.16. The van der Waals surface area contributed by atoms with Gasteiger partial charge in [0.2, 0.25) is 0 Å². The van der Waals surface area contributed by atoms with Crippen LogP contribution in [0.15, 0.2) is 53.1 Å². The average molecular weight is 472 g/mol. The van der Waals surface area contributed by atoms with E-state index in [4.69, 9.17) is 15.9 Å². The lowest BCUT2D eigenvalue weighted by Crippen LogP contribution is -2.21. The molecule has 0 bridgehead atoms. The second-order valence-electron chi connectivity index (χ2n) is 5.72. The van der Waals surface area contributed by atoms with Crippen molar-refractivity contribution in [3.8, 4) is 23.8 Å². The van der Waals surface area contributed by atoms with E-state index in [-0.39, 0.29) is 12.5 Å². The number of methoxy groups -OCH3 is 1. The van der Waals surface area contributed by atoms with Gasteiger partial charge in [-0.1, -0.05) is 24.1 Å². The number of carbonyl (C=O) groups excluding carboxylic acids is 1. The van der Waals surface area contributed by atoms with Crippen LogP contribution in [-0.2, 0) is 4.79 Å². The van der Waals surface area contributed by atoms with Crippen LogP contribution >= 0.6 is 22.6 Å². The fraction of sp³-hybridized carbons (Fsp3) is 0.143. The van der Waals surface area contributed by atoms with E-state index in [0.717, 1.165) is 14.8 Å². The predicted molar refractivity (Wildman–Crippen MR) is 115 cm³/mol. The third-order valence-corrected chi connectivity index (χ3v) is 4.73. The lowest BCUT2D eigenvalue weighted by atomic mass is 10.1. The summed E-state index contributed by atoms with van der Waals surface area (Å²) in [5.74, 6) is 3.42. The molecule has 1 amide bonds. The predicted octanol–water partition coefficient (Wildman–Crippen LogP) is 4.12. The number of hydrogen-bond donors (Lipinski definition) is 0. The summed E-state index contributed by atoms with van der Waals surface area (Å²) in [6, 6.07) is 13.1. The van der Waals surface area contributed by atoms with Crippen molar-refractivity contribution < 1.29 is 14.3 Å². The van der Waals surface area contributed by atoms with Crippen LogP contribution < -0.4 is 14.5 Å². The average Bonchev–Trinajstić information content (AvgIpc) is 2.95. The molecule has 0 saturated heterocycles. The Hall–Kier alpha value is -2.79. The third kappa shape index (κ3) is 3.98. The van der Waals surface area contributed by atoms with Gasteiger partial charge >= 0.3 is 0 Å². The van der Waals surface area contributed by atoms with Gasteiger partial charge < -0.3 is 9.47 Å². The van der Waals surface area contributed by atoms with Crippen LogP contribution in [0.4, 0.5) is 5.69 Å². The Kier molecular flexibility index (Phi) is 5.81. The number of nitrogens with zero attached hydrogens (tertiary/aromatic N) is 2. The summed E-state index contributed by atoms with van der Waals surface area (Å²) in [5.41, 5.74) is 2.74. The van der Waals surface area contributed by atoms with Gasteiger partial charge in [-0.3, -0.25) is 4.79 Å². The quantitative estimate of drug-likeness (QED) is 0.374. The Balaban J connectivity index is 1.95. The van der Waals surface area contributed by atoms with Crippen molar-refractivity contribution in [3.63, 3.8) is 0 Å². The Bertz CT molecular complexity index is 975. The topological polar surface area (TPSA) is 51.1 Å². The summed E-state index contributed by atoms with van der Waals surface area (Å²) in [4.78, 5) is 12.8. The zero-order chi connectivity index (χ0) is 19.4. The molecule has 0 unspecified atom stereocenters. The molecular weight excluding hydrogens is 455 g/mol. The molecule has 5 nitrogen and oxygen atoms in total. The summed E-state index contributed by atoms with van der Waals surface area (Å²) < 4.78 is 11.8. The molecule has 0 saturated carbocycles. The van der Waals surface area contributed by atoms with Crippen LogP contribution in [-0.4, -0.2) is 25.3 Å². The molecule has 2 aromatic carbocycles. The Morgan fingerprint density at radius 3 is 2.70 bits per heavy atom. The molecule has 3 rings (SSSR count). The highest BCUT2D eigenvalue weighted by molar-refractivity contribution is 14.1. The molecule has 2 aromatic rings. The molecule has 0 atom stereocenters.